The van der Waals surface area contributed by atoms with Crippen LogP contribution in [-0.2, 0) is 34.0 Å². The van der Waals surface area contributed by atoms with Gasteiger partial charge in [-0.2, -0.15) is 0 Å². The second kappa shape index (κ2) is 9.59. The van der Waals surface area contributed by atoms with Crippen molar-refractivity contribution in [1.29, 1.82) is 0 Å². The van der Waals surface area contributed by atoms with E-state index in [9.17, 15) is 13.2 Å². The molecule has 0 radical (unpaired) electrons. The van der Waals surface area contributed by atoms with Crippen LogP contribution in [0.25, 0.3) is 0 Å². The van der Waals surface area contributed by atoms with Crippen LogP contribution >= 0.6 is 0 Å². The fraction of sp³-hybridized carbons (Fsp3) is 0.208. The van der Waals surface area contributed by atoms with E-state index in [4.69, 9.17) is 9.47 Å². The topological polar surface area (TPSA) is 69.7 Å². The number of para-hydroxylation sites is 1. The first-order valence-electron chi connectivity index (χ1n) is 9.54. The number of esters is 1. The predicted octanol–water partition coefficient (Wildman–Crippen LogP) is 4.24. The molecule has 0 spiro atoms. The van der Waals surface area contributed by atoms with E-state index in [1.165, 1.54) is 18.9 Å². The van der Waals surface area contributed by atoms with Crippen molar-refractivity contribution in [2.24, 2.45) is 0 Å². The molecule has 0 aromatic heterocycles. The number of sulfone groups is 1. The van der Waals surface area contributed by atoms with E-state index in [2.05, 4.69) is 0 Å². The molecule has 0 aliphatic rings. The number of carbonyl (C=O) groups is 1. The van der Waals surface area contributed by atoms with Crippen LogP contribution in [0.2, 0.25) is 0 Å². The van der Waals surface area contributed by atoms with Gasteiger partial charge in [-0.05, 0) is 47.7 Å². The van der Waals surface area contributed by atoms with Gasteiger partial charge >= 0.3 is 5.97 Å². The number of rotatable bonds is 8. The van der Waals surface area contributed by atoms with E-state index >= 15 is 0 Å². The molecule has 0 aliphatic carbocycles. The molecular weight excluding hydrogens is 400 g/mol. The van der Waals surface area contributed by atoms with E-state index in [0.717, 1.165) is 17.5 Å². The smallest absolute Gasteiger partial charge is 0.337 e. The Bertz CT molecular complexity index is 1100. The molecule has 6 heteroatoms. The maximum absolute atomic E-state index is 12.3. The van der Waals surface area contributed by atoms with Gasteiger partial charge in [0, 0.05) is 6.26 Å². The lowest BCUT2D eigenvalue weighted by Crippen LogP contribution is -2.07. The molecule has 0 saturated heterocycles. The molecule has 0 N–H and O–H groups in total. The molecule has 3 rings (SSSR count). The lowest BCUT2D eigenvalue weighted by atomic mass is 10.0. The third-order valence-corrected chi connectivity index (χ3v) is 5.86. The molecule has 5 nitrogen and oxygen atoms in total. The number of hydrogen-bond donors (Lipinski definition) is 0. The van der Waals surface area contributed by atoms with Gasteiger partial charge in [0.1, 0.15) is 17.3 Å². The zero-order valence-corrected chi connectivity index (χ0v) is 17.8. The largest absolute Gasteiger partial charge is 0.487 e. The van der Waals surface area contributed by atoms with Crippen LogP contribution in [0.5, 0.6) is 5.75 Å². The zero-order chi connectivity index (χ0) is 21.6. The highest BCUT2D eigenvalue weighted by atomic mass is 32.2. The maximum atomic E-state index is 12.3. The average molecular weight is 425 g/mol. The van der Waals surface area contributed by atoms with Gasteiger partial charge in [0.15, 0.2) is 9.84 Å². The molecule has 0 amide bonds. The van der Waals surface area contributed by atoms with Crippen molar-refractivity contribution < 1.29 is 22.7 Å². The van der Waals surface area contributed by atoms with Gasteiger partial charge in [-0.15, -0.1) is 0 Å². The maximum Gasteiger partial charge on any atom is 0.337 e. The quantitative estimate of drug-likeness (QED) is 0.506. The minimum atomic E-state index is -3.45. The van der Waals surface area contributed by atoms with E-state index in [-0.39, 0.29) is 11.5 Å². The van der Waals surface area contributed by atoms with Crippen LogP contribution in [0, 0.1) is 0 Å². The number of carbonyl (C=O) groups excluding carboxylic acids is 1. The second-order valence-corrected chi connectivity index (χ2v) is 8.96. The van der Waals surface area contributed by atoms with Gasteiger partial charge in [-0.1, -0.05) is 54.6 Å². The summed E-state index contributed by atoms with van der Waals surface area (Å²) in [4.78, 5) is 11.8. The highest BCUT2D eigenvalue weighted by molar-refractivity contribution is 7.90. The molecule has 0 aliphatic heterocycles. The number of ether oxygens (including phenoxy) is 2. The second-order valence-electron chi connectivity index (χ2n) is 6.98. The van der Waals surface area contributed by atoms with Crippen molar-refractivity contribution in [2.75, 3.05) is 13.4 Å². The highest BCUT2D eigenvalue weighted by Gasteiger charge is 2.18. The first kappa shape index (κ1) is 21.6. The van der Waals surface area contributed by atoms with E-state index in [1.807, 2.05) is 36.4 Å². The zero-order valence-electron chi connectivity index (χ0n) is 17.0. The third-order valence-electron chi connectivity index (χ3n) is 4.74. The number of benzene rings is 3. The minimum absolute atomic E-state index is 0.180. The predicted molar refractivity (Wildman–Crippen MR) is 116 cm³/mol. The Morgan fingerprint density at radius 2 is 1.53 bits per heavy atom. The molecule has 0 saturated carbocycles. The molecule has 0 bridgehead atoms. The molecule has 30 heavy (non-hydrogen) atoms. The molecule has 0 heterocycles. The summed E-state index contributed by atoms with van der Waals surface area (Å²) in [5, 5.41) is 0. The van der Waals surface area contributed by atoms with Crippen LogP contribution in [0.1, 0.15) is 27.0 Å². The molecule has 3 aromatic rings. The minimum Gasteiger partial charge on any atom is -0.487 e. The van der Waals surface area contributed by atoms with Gasteiger partial charge in [0.05, 0.1) is 12.7 Å². The van der Waals surface area contributed by atoms with Gasteiger partial charge in [-0.25, -0.2) is 13.2 Å². The monoisotopic (exact) mass is 424 g/mol. The Morgan fingerprint density at radius 3 is 2.17 bits per heavy atom. The fourth-order valence-corrected chi connectivity index (χ4v) is 4.00. The number of hydrogen-bond acceptors (Lipinski definition) is 5. The molecule has 0 unspecified atom stereocenters. The fourth-order valence-electron chi connectivity index (χ4n) is 3.15. The van der Waals surface area contributed by atoms with Crippen LogP contribution in [0.15, 0.2) is 77.7 Å². The van der Waals surface area contributed by atoms with Crippen LogP contribution in [0.3, 0.4) is 0 Å². The van der Waals surface area contributed by atoms with Gasteiger partial charge in [-0.3, -0.25) is 0 Å². The van der Waals surface area contributed by atoms with Crippen molar-refractivity contribution in [3.05, 3.63) is 95.1 Å². The van der Waals surface area contributed by atoms with Crippen molar-refractivity contribution >= 4 is 15.8 Å². The Balaban J connectivity index is 1.83. The Morgan fingerprint density at radius 1 is 0.833 bits per heavy atom. The van der Waals surface area contributed by atoms with Gasteiger partial charge < -0.3 is 9.47 Å². The summed E-state index contributed by atoms with van der Waals surface area (Å²) in [7, 11) is -2.12. The van der Waals surface area contributed by atoms with Crippen molar-refractivity contribution in [1.82, 2.24) is 0 Å². The normalized spacial score (nSPS) is 11.1. The van der Waals surface area contributed by atoms with Crippen LogP contribution in [-0.4, -0.2) is 27.8 Å². The summed E-state index contributed by atoms with van der Waals surface area (Å²) >= 11 is 0. The Kier molecular flexibility index (Phi) is 6.90. The molecule has 0 atom stereocenters. The van der Waals surface area contributed by atoms with Crippen molar-refractivity contribution in [3.8, 4) is 5.75 Å². The summed E-state index contributed by atoms with van der Waals surface area (Å²) in [5.74, 6) is -0.0268. The van der Waals surface area contributed by atoms with Crippen molar-refractivity contribution in [3.63, 3.8) is 0 Å². The van der Waals surface area contributed by atoms with Crippen LogP contribution in [0.4, 0.5) is 0 Å². The van der Waals surface area contributed by atoms with E-state index in [0.29, 0.717) is 17.7 Å². The molecule has 156 valence electrons. The average Bonchev–Trinajstić information content (AvgIpc) is 2.76. The molecular formula is C24H24O5S. The Hall–Kier alpha value is -3.12. The summed E-state index contributed by atoms with van der Waals surface area (Å²) in [5.41, 5.74) is 3.28. The lowest BCUT2D eigenvalue weighted by molar-refractivity contribution is 0.0600. The summed E-state index contributed by atoms with van der Waals surface area (Å²) in [6.07, 6.45) is 2.61. The SMILES string of the molecule is COC(=O)c1ccc(COc2c(CCc3ccccc3)cccc2S(C)(=O)=O)cc1. The first-order chi connectivity index (χ1) is 14.4. The summed E-state index contributed by atoms with van der Waals surface area (Å²) in [6.45, 7) is 0.187. The number of methoxy groups -OCH3 is 1. The molecule has 3 aromatic carbocycles. The highest BCUT2D eigenvalue weighted by Crippen LogP contribution is 2.30. The Labute approximate surface area is 177 Å². The summed E-state index contributed by atoms with van der Waals surface area (Å²) in [6, 6.07) is 22.1. The lowest BCUT2D eigenvalue weighted by Gasteiger charge is -2.15. The van der Waals surface area contributed by atoms with E-state index in [1.54, 1.807) is 36.4 Å². The van der Waals surface area contributed by atoms with Crippen LogP contribution < -0.4 is 4.74 Å². The number of aryl methyl sites for hydroxylation is 2. The molecule has 0 fully saturated rings. The standard InChI is InChI=1S/C24H24O5S/c1-28-24(25)21-15-12-19(13-16-21)17-29-23-20(9-6-10-22(23)30(2,26)27)14-11-18-7-4-3-5-8-18/h3-10,12-13,15-16H,11,14,17H2,1-2H3. The van der Waals surface area contributed by atoms with Crippen molar-refractivity contribution in [2.45, 2.75) is 24.3 Å². The van der Waals surface area contributed by atoms with Gasteiger partial charge in [0.2, 0.25) is 0 Å². The van der Waals surface area contributed by atoms with Gasteiger partial charge in [0.25, 0.3) is 0 Å². The first-order valence-corrected chi connectivity index (χ1v) is 11.4. The third kappa shape index (κ3) is 5.48. The summed E-state index contributed by atoms with van der Waals surface area (Å²) < 4.78 is 35.3. The van der Waals surface area contributed by atoms with E-state index < -0.39 is 15.8 Å².